The second-order valence-electron chi connectivity index (χ2n) is 6.56. The third-order valence-electron chi connectivity index (χ3n) is 4.59. The molecule has 0 saturated heterocycles. The van der Waals surface area contributed by atoms with Crippen molar-refractivity contribution in [2.45, 2.75) is 18.8 Å². The molecule has 0 fully saturated rings. The number of nitrogens with zero attached hydrogens (tertiary/aromatic N) is 1. The molecule has 0 bridgehead atoms. The van der Waals surface area contributed by atoms with E-state index in [9.17, 15) is 4.79 Å². The Morgan fingerprint density at radius 3 is 2.61 bits per heavy atom. The summed E-state index contributed by atoms with van der Waals surface area (Å²) in [5.41, 5.74) is 3.22. The van der Waals surface area contributed by atoms with Crippen molar-refractivity contribution in [3.63, 3.8) is 0 Å². The van der Waals surface area contributed by atoms with Crippen molar-refractivity contribution in [3.8, 4) is 0 Å². The highest BCUT2D eigenvalue weighted by atomic mass is 127. The van der Waals surface area contributed by atoms with Crippen molar-refractivity contribution < 1.29 is 4.79 Å². The molecule has 0 aliphatic carbocycles. The average molecular weight is 493 g/mol. The van der Waals surface area contributed by atoms with Crippen LogP contribution in [0.3, 0.4) is 0 Å². The Bertz CT molecular complexity index is 781. The minimum absolute atomic E-state index is 0. The van der Waals surface area contributed by atoms with E-state index in [0.717, 1.165) is 36.8 Å². The lowest BCUT2D eigenvalue weighted by Crippen LogP contribution is -2.41. The molecule has 4 N–H and O–H groups in total. The molecule has 1 aliphatic rings. The summed E-state index contributed by atoms with van der Waals surface area (Å²) < 4.78 is 0. The summed E-state index contributed by atoms with van der Waals surface area (Å²) in [7, 11) is 1.76. The van der Waals surface area contributed by atoms with Crippen LogP contribution in [0.1, 0.15) is 24.3 Å². The number of rotatable bonds is 7. The number of halogens is 1. The molecular formula is C21H28IN5O. The van der Waals surface area contributed by atoms with Crippen LogP contribution in [0, 0.1) is 0 Å². The molecule has 1 atom stereocenters. The molecule has 0 spiro atoms. The number of amides is 1. The molecular weight excluding hydrogens is 465 g/mol. The van der Waals surface area contributed by atoms with Crippen molar-refractivity contribution >= 4 is 47.2 Å². The van der Waals surface area contributed by atoms with E-state index in [4.69, 9.17) is 0 Å². The first-order chi connectivity index (χ1) is 13.3. The molecule has 0 radical (unpaired) electrons. The van der Waals surface area contributed by atoms with Gasteiger partial charge in [0.05, 0.1) is 0 Å². The van der Waals surface area contributed by atoms with E-state index >= 15 is 0 Å². The lowest BCUT2D eigenvalue weighted by molar-refractivity contribution is -0.116. The number of hydrogen-bond acceptors (Lipinski definition) is 3. The van der Waals surface area contributed by atoms with Crippen LogP contribution < -0.4 is 21.3 Å². The minimum atomic E-state index is 0. The maximum Gasteiger partial charge on any atom is 0.225 e. The standard InChI is InChI=1S/C21H27N5O.HI/c1-22-21(24-13-7-12-23-17-8-3-2-4-9-17)25-15-16-14-20(27)26-19-11-6-5-10-18(16)19;/h2-6,8-11,16,23H,7,12-15H2,1H3,(H,26,27)(H2,22,24,25);1H. The summed E-state index contributed by atoms with van der Waals surface area (Å²) in [5.74, 6) is 0.974. The number of guanidine groups is 1. The van der Waals surface area contributed by atoms with E-state index < -0.39 is 0 Å². The monoisotopic (exact) mass is 493 g/mol. The third kappa shape index (κ3) is 6.40. The first-order valence-corrected chi connectivity index (χ1v) is 9.38. The van der Waals surface area contributed by atoms with E-state index in [-0.39, 0.29) is 35.8 Å². The Labute approximate surface area is 183 Å². The number of carbonyl (C=O) groups is 1. The van der Waals surface area contributed by atoms with Gasteiger partial charge in [-0.15, -0.1) is 24.0 Å². The number of benzene rings is 2. The van der Waals surface area contributed by atoms with Gasteiger partial charge in [0.15, 0.2) is 5.96 Å². The van der Waals surface area contributed by atoms with Crippen molar-refractivity contribution in [1.29, 1.82) is 0 Å². The molecule has 0 aromatic heterocycles. The summed E-state index contributed by atoms with van der Waals surface area (Å²) in [5, 5.41) is 13.0. The number of anilines is 2. The maximum atomic E-state index is 11.9. The number of hydrogen-bond donors (Lipinski definition) is 4. The zero-order valence-electron chi connectivity index (χ0n) is 16.1. The summed E-state index contributed by atoms with van der Waals surface area (Å²) in [6.07, 6.45) is 1.46. The molecule has 0 saturated carbocycles. The van der Waals surface area contributed by atoms with E-state index in [1.807, 2.05) is 36.4 Å². The third-order valence-corrected chi connectivity index (χ3v) is 4.59. The zero-order chi connectivity index (χ0) is 18.9. The highest BCUT2D eigenvalue weighted by molar-refractivity contribution is 14.0. The van der Waals surface area contributed by atoms with E-state index in [2.05, 4.69) is 44.5 Å². The minimum Gasteiger partial charge on any atom is -0.385 e. The molecule has 6 nitrogen and oxygen atoms in total. The molecule has 1 unspecified atom stereocenters. The van der Waals surface area contributed by atoms with Crippen LogP contribution in [0.2, 0.25) is 0 Å². The lowest BCUT2D eigenvalue weighted by atomic mass is 9.90. The Kier molecular flexibility index (Phi) is 9.06. The van der Waals surface area contributed by atoms with Gasteiger partial charge in [-0.3, -0.25) is 9.79 Å². The molecule has 2 aromatic carbocycles. The lowest BCUT2D eigenvalue weighted by Gasteiger charge is -2.26. The Balaban J connectivity index is 0.00000280. The van der Waals surface area contributed by atoms with Gasteiger partial charge in [0, 0.05) is 50.4 Å². The van der Waals surface area contributed by atoms with Gasteiger partial charge in [0.2, 0.25) is 5.91 Å². The number of aliphatic imine (C=N–C) groups is 1. The summed E-state index contributed by atoms with van der Waals surface area (Å²) in [6, 6.07) is 18.2. The number of fused-ring (bicyclic) bond motifs is 1. The Morgan fingerprint density at radius 2 is 1.82 bits per heavy atom. The highest BCUT2D eigenvalue weighted by Crippen LogP contribution is 2.31. The fourth-order valence-corrected chi connectivity index (χ4v) is 3.21. The zero-order valence-corrected chi connectivity index (χ0v) is 18.4. The van der Waals surface area contributed by atoms with Gasteiger partial charge in [0.25, 0.3) is 0 Å². The molecule has 150 valence electrons. The maximum absolute atomic E-state index is 11.9. The largest absolute Gasteiger partial charge is 0.385 e. The smallest absolute Gasteiger partial charge is 0.225 e. The van der Waals surface area contributed by atoms with Crippen LogP contribution in [0.5, 0.6) is 0 Å². The van der Waals surface area contributed by atoms with Crippen molar-refractivity contribution in [1.82, 2.24) is 10.6 Å². The topological polar surface area (TPSA) is 77.6 Å². The summed E-state index contributed by atoms with van der Waals surface area (Å²) in [6.45, 7) is 2.39. The molecule has 1 amide bonds. The molecule has 1 aliphatic heterocycles. The van der Waals surface area contributed by atoms with E-state index in [1.165, 1.54) is 5.56 Å². The van der Waals surface area contributed by atoms with Crippen LogP contribution in [0.4, 0.5) is 11.4 Å². The number of para-hydroxylation sites is 2. The van der Waals surface area contributed by atoms with Gasteiger partial charge in [-0.2, -0.15) is 0 Å². The highest BCUT2D eigenvalue weighted by Gasteiger charge is 2.24. The van der Waals surface area contributed by atoms with Gasteiger partial charge < -0.3 is 21.3 Å². The van der Waals surface area contributed by atoms with Crippen molar-refractivity contribution in [2.24, 2.45) is 4.99 Å². The average Bonchev–Trinajstić information content (AvgIpc) is 2.70. The second-order valence-corrected chi connectivity index (χ2v) is 6.56. The molecule has 3 rings (SSSR count). The van der Waals surface area contributed by atoms with E-state index in [1.54, 1.807) is 7.05 Å². The molecule has 2 aromatic rings. The molecule has 7 heteroatoms. The summed E-state index contributed by atoms with van der Waals surface area (Å²) in [4.78, 5) is 16.2. The van der Waals surface area contributed by atoms with Gasteiger partial charge in [-0.05, 0) is 30.2 Å². The number of nitrogens with one attached hydrogen (secondary N) is 4. The van der Waals surface area contributed by atoms with Gasteiger partial charge in [-0.25, -0.2) is 0 Å². The first kappa shape index (κ1) is 22.0. The Morgan fingerprint density at radius 1 is 1.07 bits per heavy atom. The predicted molar refractivity (Wildman–Crippen MR) is 127 cm³/mol. The fourth-order valence-electron chi connectivity index (χ4n) is 3.21. The van der Waals surface area contributed by atoms with Crippen LogP contribution >= 0.6 is 24.0 Å². The Hall–Kier alpha value is -2.29. The van der Waals surface area contributed by atoms with Crippen LogP contribution in [0.25, 0.3) is 0 Å². The SMILES string of the molecule is CN=C(NCCCNc1ccccc1)NCC1CC(=O)Nc2ccccc21.I. The summed E-state index contributed by atoms with van der Waals surface area (Å²) >= 11 is 0. The van der Waals surface area contributed by atoms with Gasteiger partial charge in [-0.1, -0.05) is 36.4 Å². The normalized spacial score (nSPS) is 15.7. The van der Waals surface area contributed by atoms with Gasteiger partial charge >= 0.3 is 0 Å². The second kappa shape index (κ2) is 11.5. The van der Waals surface area contributed by atoms with Crippen molar-refractivity contribution in [2.75, 3.05) is 37.3 Å². The van der Waals surface area contributed by atoms with Crippen LogP contribution in [-0.4, -0.2) is 38.5 Å². The van der Waals surface area contributed by atoms with Crippen LogP contribution in [-0.2, 0) is 4.79 Å². The van der Waals surface area contributed by atoms with E-state index in [0.29, 0.717) is 13.0 Å². The molecule has 28 heavy (non-hydrogen) atoms. The van der Waals surface area contributed by atoms with Gasteiger partial charge in [0.1, 0.15) is 0 Å². The molecule has 1 heterocycles. The predicted octanol–water partition coefficient (Wildman–Crippen LogP) is 3.40. The number of carbonyl (C=O) groups excluding carboxylic acids is 1. The first-order valence-electron chi connectivity index (χ1n) is 9.38. The van der Waals surface area contributed by atoms with Crippen molar-refractivity contribution in [3.05, 3.63) is 60.2 Å². The quantitative estimate of drug-likeness (QED) is 0.207. The fraction of sp³-hybridized carbons (Fsp3) is 0.333. The van der Waals surface area contributed by atoms with Crippen LogP contribution in [0.15, 0.2) is 59.6 Å².